The lowest BCUT2D eigenvalue weighted by molar-refractivity contribution is 0.0948. The SMILES string of the molecule is CN(C)CCCCNC(=O)c1[nH]ncc1N. The van der Waals surface area contributed by atoms with Crippen molar-refractivity contribution in [3.8, 4) is 0 Å². The van der Waals surface area contributed by atoms with Crippen molar-refractivity contribution in [2.24, 2.45) is 0 Å². The molecule has 0 bridgehead atoms. The summed E-state index contributed by atoms with van der Waals surface area (Å²) in [7, 11) is 4.06. The van der Waals surface area contributed by atoms with E-state index >= 15 is 0 Å². The van der Waals surface area contributed by atoms with Crippen LogP contribution in [-0.2, 0) is 0 Å². The topological polar surface area (TPSA) is 87.0 Å². The predicted octanol–water partition coefficient (Wildman–Crippen LogP) is 0.0635. The zero-order valence-electron chi connectivity index (χ0n) is 9.79. The van der Waals surface area contributed by atoms with Crippen molar-refractivity contribution in [2.75, 3.05) is 32.9 Å². The molecule has 0 atom stereocenters. The highest BCUT2D eigenvalue weighted by Crippen LogP contribution is 2.04. The normalized spacial score (nSPS) is 10.7. The Morgan fingerprint density at radius 3 is 2.88 bits per heavy atom. The van der Waals surface area contributed by atoms with Gasteiger partial charge in [-0.3, -0.25) is 9.89 Å². The monoisotopic (exact) mass is 225 g/mol. The van der Waals surface area contributed by atoms with Gasteiger partial charge >= 0.3 is 0 Å². The van der Waals surface area contributed by atoms with Crippen LogP contribution in [0, 0.1) is 0 Å². The van der Waals surface area contributed by atoms with Crippen molar-refractivity contribution in [3.05, 3.63) is 11.9 Å². The molecule has 1 heterocycles. The average Bonchev–Trinajstić information content (AvgIpc) is 2.63. The summed E-state index contributed by atoms with van der Waals surface area (Å²) in [6.07, 6.45) is 3.45. The number of anilines is 1. The van der Waals surface area contributed by atoms with Crippen molar-refractivity contribution in [3.63, 3.8) is 0 Å². The van der Waals surface area contributed by atoms with Crippen LogP contribution in [-0.4, -0.2) is 48.2 Å². The van der Waals surface area contributed by atoms with E-state index < -0.39 is 0 Å². The molecule has 0 aliphatic rings. The first-order valence-electron chi connectivity index (χ1n) is 5.33. The van der Waals surface area contributed by atoms with Gasteiger partial charge < -0.3 is 16.0 Å². The summed E-state index contributed by atoms with van der Waals surface area (Å²) in [6, 6.07) is 0. The maximum absolute atomic E-state index is 11.6. The van der Waals surface area contributed by atoms with E-state index in [1.165, 1.54) is 6.20 Å². The van der Waals surface area contributed by atoms with Gasteiger partial charge in [-0.15, -0.1) is 0 Å². The fourth-order valence-electron chi connectivity index (χ4n) is 1.32. The molecule has 0 unspecified atom stereocenters. The molecule has 0 spiro atoms. The molecule has 90 valence electrons. The fourth-order valence-corrected chi connectivity index (χ4v) is 1.32. The van der Waals surface area contributed by atoms with Gasteiger partial charge in [0, 0.05) is 6.54 Å². The van der Waals surface area contributed by atoms with Gasteiger partial charge in [-0.1, -0.05) is 0 Å². The maximum atomic E-state index is 11.6. The predicted molar refractivity (Wildman–Crippen MR) is 63.1 cm³/mol. The lowest BCUT2D eigenvalue weighted by Gasteiger charge is -2.09. The number of aromatic amines is 1. The number of nitrogens with zero attached hydrogens (tertiary/aromatic N) is 2. The van der Waals surface area contributed by atoms with Crippen LogP contribution >= 0.6 is 0 Å². The summed E-state index contributed by atoms with van der Waals surface area (Å²) in [4.78, 5) is 13.7. The third-order valence-electron chi connectivity index (χ3n) is 2.21. The van der Waals surface area contributed by atoms with Gasteiger partial charge in [0.2, 0.25) is 0 Å². The standard InChI is InChI=1S/C10H19N5O/c1-15(2)6-4-3-5-12-10(16)9-8(11)7-13-14-9/h7H,3-6,11H2,1-2H3,(H,12,16)(H,13,14). The highest BCUT2D eigenvalue weighted by Gasteiger charge is 2.10. The van der Waals surface area contributed by atoms with Gasteiger partial charge in [-0.2, -0.15) is 5.10 Å². The molecule has 6 nitrogen and oxygen atoms in total. The zero-order chi connectivity index (χ0) is 12.0. The van der Waals surface area contributed by atoms with E-state index in [1.54, 1.807) is 0 Å². The lowest BCUT2D eigenvalue weighted by Crippen LogP contribution is -2.26. The summed E-state index contributed by atoms with van der Waals surface area (Å²) < 4.78 is 0. The first-order valence-corrected chi connectivity index (χ1v) is 5.33. The molecule has 1 amide bonds. The van der Waals surface area contributed by atoms with Gasteiger partial charge in [-0.05, 0) is 33.5 Å². The Kier molecular flexibility index (Phi) is 4.78. The van der Waals surface area contributed by atoms with Crippen molar-refractivity contribution in [1.29, 1.82) is 0 Å². The first kappa shape index (κ1) is 12.5. The Hall–Kier alpha value is -1.56. The molecule has 0 saturated carbocycles. The third kappa shape index (κ3) is 3.90. The summed E-state index contributed by atoms with van der Waals surface area (Å²) in [6.45, 7) is 1.69. The third-order valence-corrected chi connectivity index (χ3v) is 2.21. The van der Waals surface area contributed by atoms with E-state index in [-0.39, 0.29) is 5.91 Å². The van der Waals surface area contributed by atoms with Crippen molar-refractivity contribution >= 4 is 11.6 Å². The van der Waals surface area contributed by atoms with E-state index in [0.29, 0.717) is 17.9 Å². The van der Waals surface area contributed by atoms with Crippen LogP contribution < -0.4 is 11.1 Å². The van der Waals surface area contributed by atoms with Crippen LogP contribution in [0.4, 0.5) is 5.69 Å². The minimum absolute atomic E-state index is 0.195. The number of unbranched alkanes of at least 4 members (excludes halogenated alkanes) is 1. The molecule has 6 heteroatoms. The summed E-state index contributed by atoms with van der Waals surface area (Å²) in [5, 5.41) is 9.05. The van der Waals surface area contributed by atoms with Gasteiger partial charge in [0.05, 0.1) is 11.9 Å². The van der Waals surface area contributed by atoms with Gasteiger partial charge in [0.25, 0.3) is 5.91 Å². The van der Waals surface area contributed by atoms with Gasteiger partial charge in [0.1, 0.15) is 5.69 Å². The smallest absolute Gasteiger partial charge is 0.271 e. The zero-order valence-corrected chi connectivity index (χ0v) is 9.79. The molecule has 0 aliphatic carbocycles. The van der Waals surface area contributed by atoms with Gasteiger partial charge in [0.15, 0.2) is 0 Å². The van der Waals surface area contributed by atoms with Crippen LogP contribution in [0.5, 0.6) is 0 Å². The number of hydrogen-bond donors (Lipinski definition) is 3. The first-order chi connectivity index (χ1) is 7.61. The molecule has 0 saturated heterocycles. The molecular formula is C10H19N5O. The number of amides is 1. The van der Waals surface area contributed by atoms with Crippen molar-refractivity contribution in [1.82, 2.24) is 20.4 Å². The molecule has 16 heavy (non-hydrogen) atoms. The van der Waals surface area contributed by atoms with E-state index in [1.807, 2.05) is 14.1 Å². The van der Waals surface area contributed by atoms with E-state index in [9.17, 15) is 4.79 Å². The van der Waals surface area contributed by atoms with Crippen molar-refractivity contribution < 1.29 is 4.79 Å². The Labute approximate surface area is 95.2 Å². The Morgan fingerprint density at radius 2 is 2.31 bits per heavy atom. The largest absolute Gasteiger partial charge is 0.396 e. The summed E-state index contributed by atoms with van der Waals surface area (Å²) >= 11 is 0. The minimum atomic E-state index is -0.195. The number of carbonyl (C=O) groups is 1. The number of carbonyl (C=O) groups excluding carboxylic acids is 1. The Morgan fingerprint density at radius 1 is 1.56 bits per heavy atom. The van der Waals surface area contributed by atoms with Crippen LogP contribution in [0.25, 0.3) is 0 Å². The molecule has 1 rings (SSSR count). The summed E-state index contributed by atoms with van der Waals surface area (Å²) in [5.41, 5.74) is 6.27. The maximum Gasteiger partial charge on any atom is 0.271 e. The molecule has 0 aromatic carbocycles. The number of nitrogen functional groups attached to an aromatic ring is 1. The van der Waals surface area contributed by atoms with Gasteiger partial charge in [-0.25, -0.2) is 0 Å². The number of H-pyrrole nitrogens is 1. The number of nitrogens with two attached hydrogens (primary N) is 1. The highest BCUT2D eigenvalue weighted by atomic mass is 16.1. The minimum Gasteiger partial charge on any atom is -0.396 e. The molecule has 1 aromatic heterocycles. The quantitative estimate of drug-likeness (QED) is 0.598. The van der Waals surface area contributed by atoms with Crippen LogP contribution in [0.1, 0.15) is 23.3 Å². The number of nitrogens with one attached hydrogen (secondary N) is 2. The van der Waals surface area contributed by atoms with Crippen LogP contribution in [0.15, 0.2) is 6.20 Å². The second kappa shape index (κ2) is 6.12. The lowest BCUT2D eigenvalue weighted by atomic mass is 10.3. The Balaban J connectivity index is 2.19. The Bertz CT molecular complexity index is 334. The molecule has 0 aliphatic heterocycles. The number of rotatable bonds is 6. The number of hydrogen-bond acceptors (Lipinski definition) is 4. The molecule has 4 N–H and O–H groups in total. The van der Waals surface area contributed by atoms with Crippen molar-refractivity contribution in [2.45, 2.75) is 12.8 Å². The second-order valence-electron chi connectivity index (χ2n) is 3.97. The molecular weight excluding hydrogens is 206 g/mol. The molecule has 0 fully saturated rings. The number of aromatic nitrogens is 2. The summed E-state index contributed by atoms with van der Waals surface area (Å²) in [5.74, 6) is -0.195. The van der Waals surface area contributed by atoms with E-state index in [4.69, 9.17) is 5.73 Å². The van der Waals surface area contributed by atoms with E-state index in [2.05, 4.69) is 20.4 Å². The second-order valence-corrected chi connectivity index (χ2v) is 3.97. The molecule has 0 radical (unpaired) electrons. The van der Waals surface area contributed by atoms with Crippen LogP contribution in [0.3, 0.4) is 0 Å². The average molecular weight is 225 g/mol. The van der Waals surface area contributed by atoms with E-state index in [0.717, 1.165) is 19.4 Å². The van der Waals surface area contributed by atoms with Crippen LogP contribution in [0.2, 0.25) is 0 Å². The molecule has 1 aromatic rings. The fraction of sp³-hybridized carbons (Fsp3) is 0.600. The highest BCUT2D eigenvalue weighted by molar-refractivity contribution is 5.96.